The van der Waals surface area contributed by atoms with Gasteiger partial charge in [0.25, 0.3) is 0 Å². The van der Waals surface area contributed by atoms with Gasteiger partial charge in [-0.1, -0.05) is 54.1 Å². The van der Waals surface area contributed by atoms with E-state index in [2.05, 4.69) is 76.1 Å². The Balaban J connectivity index is 1.63. The molecule has 0 spiro atoms. The molecule has 0 aliphatic carbocycles. The fraction of sp³-hybridized carbons (Fsp3) is 0.200. The molecule has 0 aliphatic rings. The molecular formula is C20H22N4. The Morgan fingerprint density at radius 3 is 2.62 bits per heavy atom. The molecule has 122 valence electrons. The molecule has 1 heterocycles. The SMILES string of the molecule is CN=C(NCc1cccc(C)c1)NCc1cccc2cccnc12. The highest BCUT2D eigenvalue weighted by molar-refractivity contribution is 5.83. The molecule has 24 heavy (non-hydrogen) atoms. The fourth-order valence-corrected chi connectivity index (χ4v) is 2.72. The van der Waals surface area contributed by atoms with Crippen LogP contribution in [0.4, 0.5) is 0 Å². The second-order valence-electron chi connectivity index (χ2n) is 5.76. The average molecular weight is 318 g/mol. The van der Waals surface area contributed by atoms with E-state index in [-0.39, 0.29) is 0 Å². The highest BCUT2D eigenvalue weighted by Gasteiger charge is 2.03. The number of hydrogen-bond donors (Lipinski definition) is 2. The summed E-state index contributed by atoms with van der Waals surface area (Å²) in [6, 6.07) is 18.7. The molecule has 0 aliphatic heterocycles. The van der Waals surface area contributed by atoms with Gasteiger partial charge in [0.15, 0.2) is 5.96 Å². The molecule has 4 heteroatoms. The van der Waals surface area contributed by atoms with Gasteiger partial charge in [0.05, 0.1) is 5.52 Å². The Kier molecular flexibility index (Phi) is 5.06. The summed E-state index contributed by atoms with van der Waals surface area (Å²) in [5.41, 5.74) is 4.69. The van der Waals surface area contributed by atoms with Gasteiger partial charge in [-0.25, -0.2) is 0 Å². The van der Waals surface area contributed by atoms with Gasteiger partial charge < -0.3 is 10.6 Å². The number of aromatic nitrogens is 1. The van der Waals surface area contributed by atoms with E-state index in [1.807, 2.05) is 12.3 Å². The maximum atomic E-state index is 4.49. The standard InChI is InChI=1S/C20H22N4/c1-15-6-3-7-16(12-15)13-23-20(21-2)24-14-18-9-4-8-17-10-5-11-22-19(17)18/h3-12H,13-14H2,1-2H3,(H2,21,23,24). The summed E-state index contributed by atoms with van der Waals surface area (Å²) >= 11 is 0. The van der Waals surface area contributed by atoms with Crippen molar-refractivity contribution in [2.45, 2.75) is 20.0 Å². The number of rotatable bonds is 4. The first-order valence-corrected chi connectivity index (χ1v) is 8.09. The van der Waals surface area contributed by atoms with E-state index in [1.54, 1.807) is 7.05 Å². The van der Waals surface area contributed by atoms with E-state index in [1.165, 1.54) is 11.1 Å². The van der Waals surface area contributed by atoms with Crippen molar-refractivity contribution in [3.05, 3.63) is 77.5 Å². The van der Waals surface area contributed by atoms with Gasteiger partial charge in [0, 0.05) is 31.7 Å². The van der Waals surface area contributed by atoms with Gasteiger partial charge in [0.1, 0.15) is 0 Å². The van der Waals surface area contributed by atoms with Crippen LogP contribution in [0.2, 0.25) is 0 Å². The lowest BCUT2D eigenvalue weighted by Gasteiger charge is -2.13. The van der Waals surface area contributed by atoms with Gasteiger partial charge in [-0.15, -0.1) is 0 Å². The van der Waals surface area contributed by atoms with Crippen LogP contribution in [-0.4, -0.2) is 18.0 Å². The van der Waals surface area contributed by atoms with Crippen molar-refractivity contribution in [3.8, 4) is 0 Å². The van der Waals surface area contributed by atoms with Crippen molar-refractivity contribution in [2.75, 3.05) is 7.05 Å². The van der Waals surface area contributed by atoms with Crippen molar-refractivity contribution in [1.29, 1.82) is 0 Å². The number of guanidine groups is 1. The third kappa shape index (κ3) is 3.90. The molecule has 2 N–H and O–H groups in total. The Labute approximate surface area is 142 Å². The molecular weight excluding hydrogens is 296 g/mol. The van der Waals surface area contributed by atoms with Gasteiger partial charge in [-0.3, -0.25) is 9.98 Å². The number of aliphatic imine (C=N–C) groups is 1. The topological polar surface area (TPSA) is 49.3 Å². The molecule has 0 unspecified atom stereocenters. The Morgan fingerprint density at radius 1 is 1.00 bits per heavy atom. The van der Waals surface area contributed by atoms with Crippen LogP contribution in [0.15, 0.2) is 65.8 Å². The van der Waals surface area contributed by atoms with Crippen molar-refractivity contribution >= 4 is 16.9 Å². The normalized spacial score (nSPS) is 11.5. The number of nitrogens with one attached hydrogen (secondary N) is 2. The number of aryl methyl sites for hydroxylation is 1. The number of fused-ring (bicyclic) bond motifs is 1. The van der Waals surface area contributed by atoms with E-state index in [0.717, 1.165) is 29.0 Å². The highest BCUT2D eigenvalue weighted by Crippen LogP contribution is 2.15. The molecule has 0 atom stereocenters. The number of pyridine rings is 1. The van der Waals surface area contributed by atoms with E-state index >= 15 is 0 Å². The van der Waals surface area contributed by atoms with Crippen molar-refractivity contribution < 1.29 is 0 Å². The van der Waals surface area contributed by atoms with Crippen molar-refractivity contribution in [3.63, 3.8) is 0 Å². The number of para-hydroxylation sites is 1. The lowest BCUT2D eigenvalue weighted by molar-refractivity contribution is 0.810. The number of benzene rings is 2. The maximum Gasteiger partial charge on any atom is 0.191 e. The minimum atomic E-state index is 0.682. The van der Waals surface area contributed by atoms with Crippen LogP contribution in [-0.2, 0) is 13.1 Å². The molecule has 0 amide bonds. The molecule has 4 nitrogen and oxygen atoms in total. The number of hydrogen-bond acceptors (Lipinski definition) is 2. The summed E-state index contributed by atoms with van der Waals surface area (Å²) in [7, 11) is 1.78. The second-order valence-corrected chi connectivity index (χ2v) is 5.76. The minimum absolute atomic E-state index is 0.682. The van der Waals surface area contributed by atoms with Crippen LogP contribution >= 0.6 is 0 Å². The van der Waals surface area contributed by atoms with E-state index in [4.69, 9.17) is 0 Å². The Morgan fingerprint density at radius 2 is 1.79 bits per heavy atom. The molecule has 0 saturated heterocycles. The lowest BCUT2D eigenvalue weighted by Crippen LogP contribution is -2.36. The van der Waals surface area contributed by atoms with Gasteiger partial charge >= 0.3 is 0 Å². The van der Waals surface area contributed by atoms with Crippen LogP contribution in [0.25, 0.3) is 10.9 Å². The Hall–Kier alpha value is -2.88. The minimum Gasteiger partial charge on any atom is -0.352 e. The number of nitrogens with zero attached hydrogens (tertiary/aromatic N) is 2. The quantitative estimate of drug-likeness (QED) is 0.572. The van der Waals surface area contributed by atoms with Gasteiger partial charge in [-0.2, -0.15) is 0 Å². The first kappa shape index (κ1) is 16.0. The molecule has 2 aromatic carbocycles. The molecule has 0 saturated carbocycles. The zero-order chi connectivity index (χ0) is 16.8. The van der Waals surface area contributed by atoms with Crippen LogP contribution in [0, 0.1) is 6.92 Å². The molecule has 1 aromatic heterocycles. The molecule has 0 bridgehead atoms. The van der Waals surface area contributed by atoms with E-state index in [0.29, 0.717) is 6.54 Å². The first-order chi connectivity index (χ1) is 11.8. The van der Waals surface area contributed by atoms with Crippen LogP contribution in [0.5, 0.6) is 0 Å². The molecule has 0 fully saturated rings. The van der Waals surface area contributed by atoms with Gasteiger partial charge in [-0.05, 0) is 24.1 Å². The molecule has 3 aromatic rings. The average Bonchev–Trinajstić information content (AvgIpc) is 2.62. The monoisotopic (exact) mass is 318 g/mol. The summed E-state index contributed by atoms with van der Waals surface area (Å²) in [5, 5.41) is 7.86. The summed E-state index contributed by atoms with van der Waals surface area (Å²) in [6.45, 7) is 3.53. The lowest BCUT2D eigenvalue weighted by atomic mass is 10.1. The van der Waals surface area contributed by atoms with Gasteiger partial charge in [0.2, 0.25) is 0 Å². The van der Waals surface area contributed by atoms with Crippen molar-refractivity contribution in [1.82, 2.24) is 15.6 Å². The summed E-state index contributed by atoms with van der Waals surface area (Å²) in [4.78, 5) is 8.78. The fourth-order valence-electron chi connectivity index (χ4n) is 2.72. The predicted octanol–water partition coefficient (Wildman–Crippen LogP) is 3.41. The second kappa shape index (κ2) is 7.59. The van der Waals surface area contributed by atoms with E-state index < -0.39 is 0 Å². The zero-order valence-corrected chi connectivity index (χ0v) is 14.1. The molecule has 0 radical (unpaired) electrons. The van der Waals surface area contributed by atoms with Crippen molar-refractivity contribution in [2.24, 2.45) is 4.99 Å². The summed E-state index contributed by atoms with van der Waals surface area (Å²) in [5.74, 6) is 0.782. The Bertz CT molecular complexity index is 850. The van der Waals surface area contributed by atoms with Crippen LogP contribution < -0.4 is 10.6 Å². The summed E-state index contributed by atoms with van der Waals surface area (Å²) < 4.78 is 0. The summed E-state index contributed by atoms with van der Waals surface area (Å²) in [6.07, 6.45) is 1.83. The highest BCUT2D eigenvalue weighted by atomic mass is 15.2. The first-order valence-electron chi connectivity index (χ1n) is 8.09. The zero-order valence-electron chi connectivity index (χ0n) is 14.1. The van der Waals surface area contributed by atoms with Crippen LogP contribution in [0.3, 0.4) is 0 Å². The third-order valence-electron chi connectivity index (χ3n) is 3.93. The smallest absolute Gasteiger partial charge is 0.191 e. The molecule has 3 rings (SSSR count). The van der Waals surface area contributed by atoms with Crippen LogP contribution in [0.1, 0.15) is 16.7 Å². The maximum absolute atomic E-state index is 4.49. The predicted molar refractivity (Wildman–Crippen MR) is 100.0 cm³/mol. The van der Waals surface area contributed by atoms with E-state index in [9.17, 15) is 0 Å². The largest absolute Gasteiger partial charge is 0.352 e. The third-order valence-corrected chi connectivity index (χ3v) is 3.93.